The van der Waals surface area contributed by atoms with Crippen LogP contribution in [0.3, 0.4) is 0 Å². The van der Waals surface area contributed by atoms with E-state index >= 15 is 0 Å². The second-order valence-electron chi connectivity index (χ2n) is 6.66. The minimum absolute atomic E-state index is 0. The summed E-state index contributed by atoms with van der Waals surface area (Å²) in [7, 11) is 0. The SMILES string of the molecule is Cc1cccc(C(=O)Nc2nc3c(s2)CN(Cc2ccccc2)CC3)c1.Cl. The van der Waals surface area contributed by atoms with E-state index in [2.05, 4.69) is 39.5 Å². The highest BCUT2D eigenvalue weighted by Crippen LogP contribution is 2.29. The third-order valence-corrected chi connectivity index (χ3v) is 5.56. The second-order valence-corrected chi connectivity index (χ2v) is 7.74. The average molecular weight is 400 g/mol. The number of halogens is 1. The van der Waals surface area contributed by atoms with Crippen molar-refractivity contribution in [1.82, 2.24) is 9.88 Å². The van der Waals surface area contributed by atoms with Gasteiger partial charge in [-0.3, -0.25) is 15.0 Å². The molecule has 0 fully saturated rings. The molecule has 140 valence electrons. The number of nitrogens with one attached hydrogen (secondary N) is 1. The summed E-state index contributed by atoms with van der Waals surface area (Å²) in [5, 5.41) is 3.65. The van der Waals surface area contributed by atoms with Gasteiger partial charge in [-0.05, 0) is 24.6 Å². The van der Waals surface area contributed by atoms with E-state index in [1.54, 1.807) is 11.3 Å². The lowest BCUT2D eigenvalue weighted by Gasteiger charge is -2.25. The summed E-state index contributed by atoms with van der Waals surface area (Å²) in [6.07, 6.45) is 0.930. The molecule has 0 unspecified atom stereocenters. The van der Waals surface area contributed by atoms with Crippen molar-refractivity contribution >= 4 is 34.8 Å². The van der Waals surface area contributed by atoms with Gasteiger partial charge >= 0.3 is 0 Å². The number of carbonyl (C=O) groups excluding carboxylic acids is 1. The minimum atomic E-state index is -0.0964. The van der Waals surface area contributed by atoms with Crippen molar-refractivity contribution in [3.8, 4) is 0 Å². The molecule has 0 saturated heterocycles. The highest BCUT2D eigenvalue weighted by Gasteiger charge is 2.21. The van der Waals surface area contributed by atoms with Crippen LogP contribution in [0.4, 0.5) is 5.13 Å². The maximum Gasteiger partial charge on any atom is 0.257 e. The molecule has 1 aliphatic heterocycles. The molecule has 1 aliphatic rings. The van der Waals surface area contributed by atoms with Crippen LogP contribution >= 0.6 is 23.7 Å². The molecule has 0 saturated carbocycles. The number of carbonyl (C=O) groups is 1. The van der Waals surface area contributed by atoms with Crippen molar-refractivity contribution in [3.63, 3.8) is 0 Å². The fraction of sp³-hybridized carbons (Fsp3) is 0.238. The number of amides is 1. The van der Waals surface area contributed by atoms with Gasteiger partial charge in [0, 0.05) is 36.5 Å². The molecule has 0 atom stereocenters. The van der Waals surface area contributed by atoms with Gasteiger partial charge in [0.2, 0.25) is 0 Å². The summed E-state index contributed by atoms with van der Waals surface area (Å²) in [6, 6.07) is 18.1. The van der Waals surface area contributed by atoms with Crippen molar-refractivity contribution in [1.29, 1.82) is 0 Å². The normalized spacial score (nSPS) is 13.5. The van der Waals surface area contributed by atoms with Crippen LogP contribution in [0.2, 0.25) is 0 Å². The van der Waals surface area contributed by atoms with Crippen molar-refractivity contribution in [2.75, 3.05) is 11.9 Å². The summed E-state index contributed by atoms with van der Waals surface area (Å²) in [4.78, 5) is 20.8. The molecule has 0 aliphatic carbocycles. The predicted octanol–water partition coefficient (Wildman–Crippen LogP) is 4.68. The molecule has 4 rings (SSSR count). The van der Waals surface area contributed by atoms with Crippen LogP contribution in [0.5, 0.6) is 0 Å². The molecule has 2 heterocycles. The summed E-state index contributed by atoms with van der Waals surface area (Å²) >= 11 is 1.59. The van der Waals surface area contributed by atoms with Crippen molar-refractivity contribution in [3.05, 3.63) is 81.9 Å². The van der Waals surface area contributed by atoms with E-state index in [9.17, 15) is 4.79 Å². The highest BCUT2D eigenvalue weighted by molar-refractivity contribution is 7.15. The molecule has 1 aromatic heterocycles. The Morgan fingerprint density at radius 2 is 2.00 bits per heavy atom. The van der Waals surface area contributed by atoms with Crippen LogP contribution in [-0.2, 0) is 19.5 Å². The van der Waals surface area contributed by atoms with E-state index < -0.39 is 0 Å². The monoisotopic (exact) mass is 399 g/mol. The first-order valence-electron chi connectivity index (χ1n) is 8.80. The lowest BCUT2D eigenvalue weighted by atomic mass is 10.1. The molecule has 0 bridgehead atoms. The van der Waals surface area contributed by atoms with Gasteiger partial charge in [-0.2, -0.15) is 0 Å². The Morgan fingerprint density at radius 3 is 2.78 bits per heavy atom. The van der Waals surface area contributed by atoms with Crippen LogP contribution in [-0.4, -0.2) is 22.3 Å². The molecule has 3 aromatic rings. The van der Waals surface area contributed by atoms with E-state index in [4.69, 9.17) is 0 Å². The molecule has 4 nitrogen and oxygen atoms in total. The van der Waals surface area contributed by atoms with Gasteiger partial charge in [-0.1, -0.05) is 48.0 Å². The Bertz CT molecular complexity index is 926. The molecule has 1 amide bonds. The van der Waals surface area contributed by atoms with E-state index in [1.165, 1.54) is 10.4 Å². The topological polar surface area (TPSA) is 45.2 Å². The molecule has 0 spiro atoms. The zero-order valence-corrected chi connectivity index (χ0v) is 16.8. The number of aryl methyl sites for hydroxylation is 1. The van der Waals surface area contributed by atoms with Crippen LogP contribution in [0.1, 0.15) is 32.1 Å². The molecule has 1 N–H and O–H groups in total. The minimum Gasteiger partial charge on any atom is -0.298 e. The molecule has 0 radical (unpaired) electrons. The second kappa shape index (κ2) is 8.65. The molecular weight excluding hydrogens is 378 g/mol. The zero-order chi connectivity index (χ0) is 17.9. The number of benzene rings is 2. The van der Waals surface area contributed by atoms with Gasteiger partial charge in [0.1, 0.15) is 0 Å². The maximum atomic E-state index is 12.4. The maximum absolute atomic E-state index is 12.4. The van der Waals surface area contributed by atoms with Gasteiger partial charge in [-0.25, -0.2) is 4.98 Å². The highest BCUT2D eigenvalue weighted by atomic mass is 35.5. The smallest absolute Gasteiger partial charge is 0.257 e. The van der Waals surface area contributed by atoms with Gasteiger partial charge in [0.15, 0.2) is 5.13 Å². The standard InChI is InChI=1S/C21H21N3OS.ClH/c1-15-6-5-9-17(12-15)20(25)23-21-22-18-10-11-24(14-19(18)26-21)13-16-7-3-2-4-8-16;/h2-9,12H,10-11,13-14H2,1H3,(H,22,23,25);1H. The fourth-order valence-corrected chi connectivity index (χ4v) is 4.28. The number of thiazole rings is 1. The van der Waals surface area contributed by atoms with Crippen molar-refractivity contribution < 1.29 is 4.79 Å². The lowest BCUT2D eigenvalue weighted by Crippen LogP contribution is -2.29. The quantitative estimate of drug-likeness (QED) is 0.692. The first-order valence-corrected chi connectivity index (χ1v) is 9.62. The number of aromatic nitrogens is 1. The van der Waals surface area contributed by atoms with Gasteiger partial charge in [0.25, 0.3) is 5.91 Å². The Balaban J connectivity index is 0.00000210. The summed E-state index contributed by atoms with van der Waals surface area (Å²) in [6.45, 7) is 4.82. The predicted molar refractivity (Wildman–Crippen MR) is 113 cm³/mol. The molecule has 6 heteroatoms. The Hall–Kier alpha value is -2.21. The number of hydrogen-bond donors (Lipinski definition) is 1. The number of nitrogens with zero attached hydrogens (tertiary/aromatic N) is 2. The summed E-state index contributed by atoms with van der Waals surface area (Å²) in [5.74, 6) is -0.0964. The Morgan fingerprint density at radius 1 is 1.19 bits per heavy atom. The largest absolute Gasteiger partial charge is 0.298 e. The van der Waals surface area contributed by atoms with Crippen molar-refractivity contribution in [2.45, 2.75) is 26.4 Å². The van der Waals surface area contributed by atoms with Gasteiger partial charge in [-0.15, -0.1) is 23.7 Å². The lowest BCUT2D eigenvalue weighted by molar-refractivity contribution is 0.102. The molecule has 2 aromatic carbocycles. The first kappa shape index (κ1) is 19.5. The Labute approximate surface area is 169 Å². The third-order valence-electron chi connectivity index (χ3n) is 4.56. The number of anilines is 1. The average Bonchev–Trinajstić information content (AvgIpc) is 3.04. The van der Waals surface area contributed by atoms with E-state index in [0.29, 0.717) is 10.7 Å². The zero-order valence-electron chi connectivity index (χ0n) is 15.1. The van der Waals surface area contributed by atoms with E-state index in [0.717, 1.165) is 37.3 Å². The van der Waals surface area contributed by atoms with Crippen LogP contribution in [0.15, 0.2) is 54.6 Å². The van der Waals surface area contributed by atoms with Crippen molar-refractivity contribution in [2.24, 2.45) is 0 Å². The molecular formula is C21H22ClN3OS. The van der Waals surface area contributed by atoms with Crippen LogP contribution < -0.4 is 5.32 Å². The number of hydrogen-bond acceptors (Lipinski definition) is 4. The summed E-state index contributed by atoms with van der Waals surface area (Å²) < 4.78 is 0. The first-order chi connectivity index (χ1) is 12.7. The fourth-order valence-electron chi connectivity index (χ4n) is 3.23. The number of rotatable bonds is 4. The van der Waals surface area contributed by atoms with E-state index in [-0.39, 0.29) is 18.3 Å². The van der Waals surface area contributed by atoms with Crippen LogP contribution in [0.25, 0.3) is 0 Å². The Kier molecular flexibility index (Phi) is 6.26. The van der Waals surface area contributed by atoms with Crippen LogP contribution in [0, 0.1) is 6.92 Å². The third kappa shape index (κ3) is 4.75. The molecule has 27 heavy (non-hydrogen) atoms. The van der Waals surface area contributed by atoms with Gasteiger partial charge in [0.05, 0.1) is 5.69 Å². The van der Waals surface area contributed by atoms with Gasteiger partial charge < -0.3 is 0 Å². The number of fused-ring (bicyclic) bond motifs is 1. The van der Waals surface area contributed by atoms with E-state index in [1.807, 2.05) is 37.3 Å². The summed E-state index contributed by atoms with van der Waals surface area (Å²) in [5.41, 5.74) is 4.20.